The first-order chi connectivity index (χ1) is 12.2. The number of piperazine rings is 1. The Hall–Kier alpha value is -2.67. The van der Waals surface area contributed by atoms with Crippen molar-refractivity contribution in [3.05, 3.63) is 42.2 Å². The predicted octanol–water partition coefficient (Wildman–Crippen LogP) is 2.01. The van der Waals surface area contributed by atoms with Gasteiger partial charge in [0.15, 0.2) is 0 Å². The Labute approximate surface area is 147 Å². The number of ether oxygens (including phenoxy) is 1. The first-order valence-electron chi connectivity index (χ1n) is 8.46. The molecule has 1 aliphatic heterocycles. The molecule has 1 amide bonds. The summed E-state index contributed by atoms with van der Waals surface area (Å²) in [6.45, 7) is 5.76. The first kappa shape index (κ1) is 17.2. The van der Waals surface area contributed by atoms with Crippen LogP contribution in [0.15, 0.2) is 36.7 Å². The van der Waals surface area contributed by atoms with E-state index in [0.717, 1.165) is 37.6 Å². The Kier molecular flexibility index (Phi) is 5.45. The molecule has 0 atom stereocenters. The lowest BCUT2D eigenvalue weighted by Crippen LogP contribution is -2.47. The summed E-state index contributed by atoms with van der Waals surface area (Å²) in [7, 11) is 2.06. The topological polar surface area (TPSA) is 70.6 Å². The Bertz CT molecular complexity index is 712. The van der Waals surface area contributed by atoms with E-state index in [1.807, 2.05) is 36.1 Å². The second-order valence-corrected chi connectivity index (χ2v) is 5.94. The number of nitrogens with zero attached hydrogens (tertiary/aromatic N) is 4. The maximum atomic E-state index is 12.5. The molecular weight excluding hydrogens is 318 g/mol. The van der Waals surface area contributed by atoms with Crippen LogP contribution >= 0.6 is 0 Å². The lowest BCUT2D eigenvalue weighted by atomic mass is 10.2. The van der Waals surface area contributed by atoms with E-state index in [1.54, 1.807) is 12.4 Å². The molecule has 3 rings (SSSR count). The standard InChI is InChI=1S/C18H23N5O2/c1-3-25-16-7-5-4-6-15(16)21-18-19-12-14(13-20-18)17(24)23-10-8-22(2)9-11-23/h4-7,12-13H,3,8-11H2,1-2H3,(H,19,20,21). The molecule has 0 unspecified atom stereocenters. The van der Waals surface area contributed by atoms with Gasteiger partial charge in [-0.1, -0.05) is 12.1 Å². The molecule has 0 spiro atoms. The van der Waals surface area contributed by atoms with E-state index < -0.39 is 0 Å². The van der Waals surface area contributed by atoms with Gasteiger partial charge < -0.3 is 19.9 Å². The Morgan fingerprint density at radius 2 is 1.84 bits per heavy atom. The number of aromatic nitrogens is 2. The van der Waals surface area contributed by atoms with Gasteiger partial charge in [-0.05, 0) is 26.1 Å². The number of benzene rings is 1. The third kappa shape index (κ3) is 4.24. The molecule has 1 aliphatic rings. The van der Waals surface area contributed by atoms with Gasteiger partial charge in [-0.25, -0.2) is 9.97 Å². The minimum Gasteiger partial charge on any atom is -0.492 e. The zero-order chi connectivity index (χ0) is 17.6. The van der Waals surface area contributed by atoms with Gasteiger partial charge in [-0.15, -0.1) is 0 Å². The zero-order valence-corrected chi connectivity index (χ0v) is 14.6. The summed E-state index contributed by atoms with van der Waals surface area (Å²) < 4.78 is 5.58. The van der Waals surface area contributed by atoms with Crippen LogP contribution in [0.2, 0.25) is 0 Å². The SMILES string of the molecule is CCOc1ccccc1Nc1ncc(C(=O)N2CCN(C)CC2)cn1. The van der Waals surface area contributed by atoms with E-state index >= 15 is 0 Å². The Balaban J connectivity index is 1.67. The number of hydrogen-bond donors (Lipinski definition) is 1. The van der Waals surface area contributed by atoms with Gasteiger partial charge in [-0.2, -0.15) is 0 Å². The molecule has 1 aromatic carbocycles. The first-order valence-corrected chi connectivity index (χ1v) is 8.46. The number of nitrogens with one attached hydrogen (secondary N) is 1. The van der Waals surface area contributed by atoms with E-state index in [2.05, 4.69) is 27.2 Å². The summed E-state index contributed by atoms with van der Waals surface area (Å²) in [5.74, 6) is 1.16. The second kappa shape index (κ2) is 7.94. The molecule has 0 aliphatic carbocycles. The minimum atomic E-state index is -0.0191. The van der Waals surface area contributed by atoms with Gasteiger partial charge in [0.05, 0.1) is 17.9 Å². The maximum Gasteiger partial charge on any atom is 0.257 e. The van der Waals surface area contributed by atoms with Crippen molar-refractivity contribution < 1.29 is 9.53 Å². The largest absolute Gasteiger partial charge is 0.492 e. The monoisotopic (exact) mass is 341 g/mol. The quantitative estimate of drug-likeness (QED) is 0.897. The summed E-state index contributed by atoms with van der Waals surface area (Å²) in [4.78, 5) is 25.1. The number of likely N-dealkylation sites (N-methyl/N-ethyl adjacent to an activating group) is 1. The van der Waals surface area contributed by atoms with E-state index in [9.17, 15) is 4.79 Å². The zero-order valence-electron chi connectivity index (χ0n) is 14.6. The van der Waals surface area contributed by atoms with Crippen molar-refractivity contribution in [2.24, 2.45) is 0 Å². The van der Waals surface area contributed by atoms with Gasteiger partial charge in [0.2, 0.25) is 5.95 Å². The second-order valence-electron chi connectivity index (χ2n) is 5.94. The van der Waals surface area contributed by atoms with Gasteiger partial charge in [0.25, 0.3) is 5.91 Å². The lowest BCUT2D eigenvalue weighted by Gasteiger charge is -2.32. The number of anilines is 2. The lowest BCUT2D eigenvalue weighted by molar-refractivity contribution is 0.0663. The predicted molar refractivity (Wildman–Crippen MR) is 96.3 cm³/mol. The minimum absolute atomic E-state index is 0.0191. The molecule has 2 heterocycles. The van der Waals surface area contributed by atoms with E-state index in [4.69, 9.17) is 4.74 Å². The van der Waals surface area contributed by atoms with E-state index in [-0.39, 0.29) is 5.91 Å². The van der Waals surface area contributed by atoms with Crippen molar-refractivity contribution in [2.75, 3.05) is 45.2 Å². The highest BCUT2D eigenvalue weighted by Crippen LogP contribution is 2.25. The molecule has 1 aromatic heterocycles. The molecule has 1 saturated heterocycles. The number of rotatable bonds is 5. The van der Waals surface area contributed by atoms with Crippen LogP contribution in [-0.4, -0.2) is 65.5 Å². The van der Waals surface area contributed by atoms with Crippen LogP contribution in [0, 0.1) is 0 Å². The summed E-state index contributed by atoms with van der Waals surface area (Å²) in [5.41, 5.74) is 1.30. The van der Waals surface area contributed by atoms with Crippen molar-refractivity contribution in [3.63, 3.8) is 0 Å². The van der Waals surface area contributed by atoms with Crippen LogP contribution in [0.3, 0.4) is 0 Å². The molecule has 7 heteroatoms. The highest BCUT2D eigenvalue weighted by molar-refractivity contribution is 5.93. The molecule has 2 aromatic rings. The molecule has 0 saturated carbocycles. The van der Waals surface area contributed by atoms with Gasteiger partial charge in [-0.3, -0.25) is 4.79 Å². The van der Waals surface area contributed by atoms with Crippen LogP contribution < -0.4 is 10.1 Å². The summed E-state index contributed by atoms with van der Waals surface area (Å²) in [6.07, 6.45) is 3.14. The third-order valence-corrected chi connectivity index (χ3v) is 4.12. The number of amides is 1. The fourth-order valence-electron chi connectivity index (χ4n) is 2.67. The van der Waals surface area contributed by atoms with Crippen molar-refractivity contribution in [3.8, 4) is 5.75 Å². The van der Waals surface area contributed by atoms with Crippen LogP contribution in [0.4, 0.5) is 11.6 Å². The van der Waals surface area contributed by atoms with Gasteiger partial charge >= 0.3 is 0 Å². The van der Waals surface area contributed by atoms with Crippen molar-refractivity contribution in [1.82, 2.24) is 19.8 Å². The van der Waals surface area contributed by atoms with Crippen LogP contribution in [0.25, 0.3) is 0 Å². The van der Waals surface area contributed by atoms with E-state index in [0.29, 0.717) is 18.1 Å². The third-order valence-electron chi connectivity index (χ3n) is 4.12. The van der Waals surface area contributed by atoms with E-state index in [1.165, 1.54) is 0 Å². The highest BCUT2D eigenvalue weighted by Gasteiger charge is 2.20. The van der Waals surface area contributed by atoms with Crippen molar-refractivity contribution in [1.29, 1.82) is 0 Å². The van der Waals surface area contributed by atoms with Crippen LogP contribution in [0.5, 0.6) is 5.75 Å². The normalized spacial score (nSPS) is 15.0. The molecule has 25 heavy (non-hydrogen) atoms. The average molecular weight is 341 g/mol. The maximum absolute atomic E-state index is 12.5. The number of carbonyl (C=O) groups is 1. The highest BCUT2D eigenvalue weighted by atomic mass is 16.5. The Morgan fingerprint density at radius 1 is 1.16 bits per heavy atom. The van der Waals surface area contributed by atoms with Gasteiger partial charge in [0, 0.05) is 38.6 Å². The molecular formula is C18H23N5O2. The molecule has 1 N–H and O–H groups in total. The Morgan fingerprint density at radius 3 is 2.52 bits per heavy atom. The molecule has 132 valence electrons. The van der Waals surface area contributed by atoms with Gasteiger partial charge in [0.1, 0.15) is 5.75 Å². The molecule has 1 fully saturated rings. The number of hydrogen-bond acceptors (Lipinski definition) is 6. The average Bonchev–Trinajstić information content (AvgIpc) is 2.64. The summed E-state index contributed by atoms with van der Waals surface area (Å²) >= 11 is 0. The summed E-state index contributed by atoms with van der Waals surface area (Å²) in [6, 6.07) is 7.61. The molecule has 0 radical (unpaired) electrons. The smallest absolute Gasteiger partial charge is 0.257 e. The molecule has 7 nitrogen and oxygen atoms in total. The van der Waals surface area contributed by atoms with Crippen LogP contribution in [-0.2, 0) is 0 Å². The fraction of sp³-hybridized carbons (Fsp3) is 0.389. The molecule has 0 bridgehead atoms. The van der Waals surface area contributed by atoms with Crippen LogP contribution in [0.1, 0.15) is 17.3 Å². The number of carbonyl (C=O) groups excluding carboxylic acids is 1. The summed E-state index contributed by atoms with van der Waals surface area (Å²) in [5, 5.41) is 3.13. The van der Waals surface area contributed by atoms with Crippen molar-refractivity contribution >= 4 is 17.5 Å². The fourth-order valence-corrected chi connectivity index (χ4v) is 2.67. The number of para-hydroxylation sites is 2. The van der Waals surface area contributed by atoms with Crippen molar-refractivity contribution in [2.45, 2.75) is 6.92 Å².